The van der Waals surface area contributed by atoms with Gasteiger partial charge in [0.1, 0.15) is 0 Å². The summed E-state index contributed by atoms with van der Waals surface area (Å²) in [4.78, 5) is 21.2. The van der Waals surface area contributed by atoms with E-state index in [0.29, 0.717) is 11.7 Å². The van der Waals surface area contributed by atoms with Crippen LogP contribution in [0.3, 0.4) is 0 Å². The summed E-state index contributed by atoms with van der Waals surface area (Å²) in [6.07, 6.45) is 0. The van der Waals surface area contributed by atoms with E-state index in [1.54, 1.807) is 11.8 Å². The van der Waals surface area contributed by atoms with Crippen molar-refractivity contribution in [2.24, 2.45) is 0 Å². The van der Waals surface area contributed by atoms with Crippen LogP contribution in [-0.2, 0) is 11.3 Å². The highest BCUT2D eigenvalue weighted by molar-refractivity contribution is 7.14. The molecule has 4 aromatic rings. The molecule has 0 fully saturated rings. The van der Waals surface area contributed by atoms with Crippen molar-refractivity contribution < 1.29 is 4.79 Å². The molecule has 3 aromatic carbocycles. The van der Waals surface area contributed by atoms with Crippen molar-refractivity contribution in [2.45, 2.75) is 27.3 Å². The lowest BCUT2D eigenvalue weighted by molar-refractivity contribution is -0.115. The molecule has 1 aromatic heterocycles. The van der Waals surface area contributed by atoms with Crippen LogP contribution in [-0.4, -0.2) is 17.9 Å². The van der Waals surface area contributed by atoms with Crippen LogP contribution in [0.5, 0.6) is 0 Å². The number of benzene rings is 3. The zero-order valence-electron chi connectivity index (χ0n) is 17.7. The molecule has 0 bridgehead atoms. The van der Waals surface area contributed by atoms with Gasteiger partial charge in [-0.05, 0) is 47.9 Å². The first kappa shape index (κ1) is 20.1. The number of amides is 1. The van der Waals surface area contributed by atoms with E-state index in [1.807, 2.05) is 37.4 Å². The van der Waals surface area contributed by atoms with E-state index in [0.717, 1.165) is 28.2 Å². The van der Waals surface area contributed by atoms with E-state index in [2.05, 4.69) is 54.4 Å². The molecule has 4 nitrogen and oxygen atoms in total. The van der Waals surface area contributed by atoms with E-state index in [9.17, 15) is 4.79 Å². The molecule has 0 atom stereocenters. The molecule has 0 saturated heterocycles. The van der Waals surface area contributed by atoms with Gasteiger partial charge in [0.25, 0.3) is 0 Å². The van der Waals surface area contributed by atoms with Gasteiger partial charge in [0.15, 0.2) is 5.13 Å². The number of para-hydroxylation sites is 1. The van der Waals surface area contributed by atoms with Crippen molar-refractivity contribution in [3.8, 4) is 0 Å². The summed E-state index contributed by atoms with van der Waals surface area (Å²) >= 11 is 1.51. The molecule has 1 heterocycles. The third-order valence-electron chi connectivity index (χ3n) is 5.28. The van der Waals surface area contributed by atoms with Crippen molar-refractivity contribution >= 4 is 44.5 Å². The number of carbonyl (C=O) groups excluding carboxylic acids is 1. The van der Waals surface area contributed by atoms with Crippen LogP contribution < -0.4 is 9.80 Å². The number of fused-ring (bicyclic) bond motifs is 1. The Balaban J connectivity index is 1.60. The van der Waals surface area contributed by atoms with Gasteiger partial charge in [-0.3, -0.25) is 9.69 Å². The Morgan fingerprint density at radius 1 is 0.967 bits per heavy atom. The van der Waals surface area contributed by atoms with Crippen LogP contribution in [0, 0.1) is 13.8 Å². The number of rotatable bonds is 5. The lowest BCUT2D eigenvalue weighted by atomic mass is 10.1. The summed E-state index contributed by atoms with van der Waals surface area (Å²) in [5.41, 5.74) is 5.14. The SMILES string of the molecule is CC(=O)N(c1nc(CN(C)c2ccc3ccccc3c2)cs1)c1c(C)cccc1C. The zero-order chi connectivity index (χ0) is 21.3. The number of hydrogen-bond donors (Lipinski definition) is 0. The van der Waals surface area contributed by atoms with E-state index in [4.69, 9.17) is 4.98 Å². The minimum absolute atomic E-state index is 0.0313. The van der Waals surface area contributed by atoms with Gasteiger partial charge in [0.2, 0.25) is 5.91 Å². The highest BCUT2D eigenvalue weighted by atomic mass is 32.1. The van der Waals surface area contributed by atoms with Crippen LogP contribution in [0.4, 0.5) is 16.5 Å². The Hall–Kier alpha value is -3.18. The second kappa shape index (κ2) is 8.28. The van der Waals surface area contributed by atoms with E-state index in [1.165, 1.54) is 22.1 Å². The Kier molecular flexibility index (Phi) is 5.55. The van der Waals surface area contributed by atoms with Gasteiger partial charge in [0.05, 0.1) is 17.9 Å². The fourth-order valence-corrected chi connectivity index (χ4v) is 4.63. The second-order valence-corrected chi connectivity index (χ2v) is 8.44. The second-order valence-electron chi connectivity index (χ2n) is 7.60. The number of anilines is 3. The molecule has 0 N–H and O–H groups in total. The van der Waals surface area contributed by atoms with Crippen molar-refractivity contribution in [2.75, 3.05) is 16.8 Å². The molecule has 0 radical (unpaired) electrons. The summed E-state index contributed by atoms with van der Waals surface area (Å²) in [5.74, 6) is -0.0313. The third-order valence-corrected chi connectivity index (χ3v) is 6.16. The molecule has 4 rings (SSSR count). The molecular formula is C25H25N3OS. The minimum Gasteiger partial charge on any atom is -0.369 e. The summed E-state index contributed by atoms with van der Waals surface area (Å²) < 4.78 is 0. The Bertz CT molecular complexity index is 1190. The highest BCUT2D eigenvalue weighted by Crippen LogP contribution is 2.34. The molecule has 1 amide bonds. The molecular weight excluding hydrogens is 390 g/mol. The average Bonchev–Trinajstić information content (AvgIpc) is 3.17. The summed E-state index contributed by atoms with van der Waals surface area (Å²) in [6, 6.07) is 20.9. The van der Waals surface area contributed by atoms with Crippen molar-refractivity contribution in [3.05, 3.63) is 82.9 Å². The lowest BCUT2D eigenvalue weighted by Gasteiger charge is -2.22. The third kappa shape index (κ3) is 3.94. The summed E-state index contributed by atoms with van der Waals surface area (Å²) in [7, 11) is 2.07. The number of carbonyl (C=O) groups is 1. The zero-order valence-corrected chi connectivity index (χ0v) is 18.5. The quantitative estimate of drug-likeness (QED) is 0.387. The fourth-order valence-electron chi connectivity index (χ4n) is 3.77. The van der Waals surface area contributed by atoms with Crippen molar-refractivity contribution in [3.63, 3.8) is 0 Å². The molecule has 0 aliphatic rings. The van der Waals surface area contributed by atoms with Crippen LogP contribution in [0.1, 0.15) is 23.7 Å². The maximum atomic E-state index is 12.5. The number of aryl methyl sites for hydroxylation is 2. The maximum Gasteiger partial charge on any atom is 0.230 e. The number of hydrogen-bond acceptors (Lipinski definition) is 4. The standard InChI is InChI=1S/C25H25N3OS/c1-17-8-7-9-18(2)24(17)28(19(3)29)25-26-22(16-30-25)15-27(4)23-13-12-20-10-5-6-11-21(20)14-23/h5-14,16H,15H2,1-4H3. The maximum absolute atomic E-state index is 12.5. The fraction of sp³-hybridized carbons (Fsp3) is 0.200. The smallest absolute Gasteiger partial charge is 0.230 e. The molecule has 0 saturated carbocycles. The first-order chi connectivity index (χ1) is 14.4. The van der Waals surface area contributed by atoms with E-state index < -0.39 is 0 Å². The van der Waals surface area contributed by atoms with Crippen LogP contribution in [0.15, 0.2) is 66.0 Å². The predicted molar refractivity (Wildman–Crippen MR) is 127 cm³/mol. The Morgan fingerprint density at radius 2 is 1.67 bits per heavy atom. The molecule has 5 heteroatoms. The topological polar surface area (TPSA) is 36.4 Å². The van der Waals surface area contributed by atoms with Gasteiger partial charge in [-0.15, -0.1) is 11.3 Å². The summed E-state index contributed by atoms with van der Waals surface area (Å²) in [5, 5.41) is 5.20. The molecule has 30 heavy (non-hydrogen) atoms. The minimum atomic E-state index is -0.0313. The van der Waals surface area contributed by atoms with E-state index in [-0.39, 0.29) is 5.91 Å². The van der Waals surface area contributed by atoms with Gasteiger partial charge >= 0.3 is 0 Å². The van der Waals surface area contributed by atoms with Gasteiger partial charge < -0.3 is 4.90 Å². The lowest BCUT2D eigenvalue weighted by Crippen LogP contribution is -2.24. The van der Waals surface area contributed by atoms with E-state index >= 15 is 0 Å². The van der Waals surface area contributed by atoms with Gasteiger partial charge in [-0.1, -0.05) is 48.5 Å². The summed E-state index contributed by atoms with van der Waals surface area (Å²) in [6.45, 7) is 6.32. The molecule has 0 aliphatic carbocycles. The Morgan fingerprint density at radius 3 is 2.37 bits per heavy atom. The van der Waals surface area contributed by atoms with Gasteiger partial charge in [0, 0.05) is 25.0 Å². The first-order valence-corrected chi connectivity index (χ1v) is 10.8. The van der Waals surface area contributed by atoms with Gasteiger partial charge in [-0.2, -0.15) is 0 Å². The largest absolute Gasteiger partial charge is 0.369 e. The van der Waals surface area contributed by atoms with Crippen LogP contribution in [0.25, 0.3) is 10.8 Å². The molecule has 152 valence electrons. The highest BCUT2D eigenvalue weighted by Gasteiger charge is 2.21. The average molecular weight is 416 g/mol. The molecule has 0 aliphatic heterocycles. The van der Waals surface area contributed by atoms with Gasteiger partial charge in [-0.25, -0.2) is 4.98 Å². The first-order valence-electron chi connectivity index (χ1n) is 9.95. The monoisotopic (exact) mass is 415 g/mol. The van der Waals surface area contributed by atoms with Crippen LogP contribution >= 0.6 is 11.3 Å². The molecule has 0 spiro atoms. The molecule has 0 unspecified atom stereocenters. The number of thiazole rings is 1. The predicted octanol–water partition coefficient (Wildman–Crippen LogP) is 6.23. The van der Waals surface area contributed by atoms with Crippen molar-refractivity contribution in [1.29, 1.82) is 0 Å². The number of aromatic nitrogens is 1. The van der Waals surface area contributed by atoms with Crippen molar-refractivity contribution in [1.82, 2.24) is 4.98 Å². The van der Waals surface area contributed by atoms with Crippen LogP contribution in [0.2, 0.25) is 0 Å². The normalized spacial score (nSPS) is 10.9. The Labute approximate surface area is 181 Å². The number of nitrogens with zero attached hydrogens (tertiary/aromatic N) is 3.